The first-order valence-corrected chi connectivity index (χ1v) is 11.4. The number of nitrogens with zero attached hydrogens (tertiary/aromatic N) is 4. The monoisotopic (exact) mass is 487 g/mol. The summed E-state index contributed by atoms with van der Waals surface area (Å²) in [5.41, 5.74) is 1.08. The van der Waals surface area contributed by atoms with Crippen molar-refractivity contribution in [2.24, 2.45) is 0 Å². The smallest absolute Gasteiger partial charge is 0.276 e. The molecule has 186 valence electrons. The van der Waals surface area contributed by atoms with Crippen LogP contribution in [0.15, 0.2) is 24.4 Å². The molecule has 12 heteroatoms. The summed E-state index contributed by atoms with van der Waals surface area (Å²) in [6.07, 6.45) is -1.44. The molecular formula is C23H26FN5O6. The SMILES string of the molecule is COc1ccc2ncc(F)c([C@@H](O)[C@H](O)[C@@H]3CC[C@@H](NCc4cc5c(nn4)OCCO5)CO3)c2n1. The Kier molecular flexibility index (Phi) is 6.86. The molecule has 0 unspecified atom stereocenters. The summed E-state index contributed by atoms with van der Waals surface area (Å²) in [5.74, 6) is 0.450. The second kappa shape index (κ2) is 10.2. The summed E-state index contributed by atoms with van der Waals surface area (Å²) in [6.45, 7) is 1.68. The van der Waals surface area contributed by atoms with Gasteiger partial charge in [-0.3, -0.25) is 4.98 Å². The van der Waals surface area contributed by atoms with Gasteiger partial charge in [-0.25, -0.2) is 9.37 Å². The third-order valence-electron chi connectivity index (χ3n) is 6.13. The molecule has 3 N–H and O–H groups in total. The van der Waals surface area contributed by atoms with E-state index >= 15 is 0 Å². The van der Waals surface area contributed by atoms with Crippen LogP contribution in [-0.2, 0) is 11.3 Å². The number of aliphatic hydroxyl groups excluding tert-OH is 2. The van der Waals surface area contributed by atoms with E-state index in [4.69, 9.17) is 18.9 Å². The van der Waals surface area contributed by atoms with Crippen LogP contribution in [0.2, 0.25) is 0 Å². The molecule has 0 bridgehead atoms. The molecule has 0 aromatic carbocycles. The zero-order valence-corrected chi connectivity index (χ0v) is 19.1. The standard InChI is InChI=1S/C23H26FN5O6/c1-32-18-5-3-15-20(27-18)19(14(24)10-26-15)22(31)21(30)16-4-2-12(11-35-16)25-9-13-8-17-23(29-28-13)34-7-6-33-17/h3,5,8,10,12,16,21-22,25,30-31H,2,4,6-7,9,11H2,1H3/t12-,16+,21-,22-/m1/s1. The van der Waals surface area contributed by atoms with E-state index in [1.165, 1.54) is 7.11 Å². The summed E-state index contributed by atoms with van der Waals surface area (Å²) >= 11 is 0. The maximum Gasteiger partial charge on any atom is 0.276 e. The molecule has 4 atom stereocenters. The molecular weight excluding hydrogens is 461 g/mol. The van der Waals surface area contributed by atoms with Crippen LogP contribution in [0.1, 0.15) is 30.2 Å². The van der Waals surface area contributed by atoms with Gasteiger partial charge in [-0.15, -0.1) is 5.10 Å². The number of aromatic nitrogens is 4. The molecule has 0 radical (unpaired) electrons. The number of nitrogens with one attached hydrogen (secondary N) is 1. The Morgan fingerprint density at radius 2 is 2.06 bits per heavy atom. The third-order valence-corrected chi connectivity index (χ3v) is 6.13. The molecule has 3 aromatic rings. The minimum Gasteiger partial charge on any atom is -0.484 e. The molecule has 2 aliphatic rings. The van der Waals surface area contributed by atoms with Gasteiger partial charge >= 0.3 is 0 Å². The fourth-order valence-electron chi connectivity index (χ4n) is 4.25. The molecule has 35 heavy (non-hydrogen) atoms. The van der Waals surface area contributed by atoms with Crippen LogP contribution in [0.4, 0.5) is 4.39 Å². The number of aliphatic hydroxyl groups is 2. The van der Waals surface area contributed by atoms with Crippen molar-refractivity contribution in [3.63, 3.8) is 0 Å². The second-order valence-electron chi connectivity index (χ2n) is 8.41. The van der Waals surface area contributed by atoms with Crippen molar-refractivity contribution in [3.8, 4) is 17.5 Å². The van der Waals surface area contributed by atoms with E-state index < -0.39 is 24.1 Å². The molecule has 5 rings (SSSR count). The lowest BCUT2D eigenvalue weighted by molar-refractivity contribution is -0.114. The summed E-state index contributed by atoms with van der Waals surface area (Å²) in [5, 5.41) is 33.2. The molecule has 11 nitrogen and oxygen atoms in total. The fourth-order valence-corrected chi connectivity index (χ4v) is 4.25. The molecule has 1 fully saturated rings. The lowest BCUT2D eigenvalue weighted by Crippen LogP contribution is -2.45. The third kappa shape index (κ3) is 4.96. The van der Waals surface area contributed by atoms with Gasteiger partial charge in [-0.2, -0.15) is 5.10 Å². The molecule has 0 amide bonds. The predicted molar refractivity (Wildman–Crippen MR) is 120 cm³/mol. The molecule has 0 saturated carbocycles. The van der Waals surface area contributed by atoms with Gasteiger partial charge in [0.05, 0.1) is 37.2 Å². The van der Waals surface area contributed by atoms with E-state index in [2.05, 4.69) is 25.5 Å². The summed E-state index contributed by atoms with van der Waals surface area (Å²) < 4.78 is 36.5. The normalized spacial score (nSPS) is 21.5. The van der Waals surface area contributed by atoms with E-state index in [0.29, 0.717) is 62.0 Å². The molecule has 0 aliphatic carbocycles. The van der Waals surface area contributed by atoms with Crippen LogP contribution >= 0.6 is 0 Å². The highest BCUT2D eigenvalue weighted by molar-refractivity contribution is 5.78. The zero-order chi connectivity index (χ0) is 24.4. The number of hydrogen-bond donors (Lipinski definition) is 3. The minimum atomic E-state index is -1.55. The lowest BCUT2D eigenvalue weighted by atomic mass is 9.94. The van der Waals surface area contributed by atoms with Crippen molar-refractivity contribution >= 4 is 11.0 Å². The fraction of sp³-hybridized carbons (Fsp3) is 0.478. The summed E-state index contributed by atoms with van der Waals surface area (Å²) in [4.78, 5) is 8.22. The largest absolute Gasteiger partial charge is 0.484 e. The first-order valence-electron chi connectivity index (χ1n) is 11.4. The zero-order valence-electron chi connectivity index (χ0n) is 19.1. The first kappa shape index (κ1) is 23.5. The topological polar surface area (TPSA) is 141 Å². The lowest BCUT2D eigenvalue weighted by Gasteiger charge is -2.34. The number of methoxy groups -OCH3 is 1. The second-order valence-corrected chi connectivity index (χ2v) is 8.41. The molecule has 5 heterocycles. The molecule has 2 aliphatic heterocycles. The summed E-state index contributed by atoms with van der Waals surface area (Å²) in [6, 6.07) is 5.00. The Hall–Kier alpha value is -3.19. The van der Waals surface area contributed by atoms with Crippen LogP contribution in [-0.4, -0.2) is 75.6 Å². The highest BCUT2D eigenvalue weighted by Gasteiger charge is 2.35. The first-order chi connectivity index (χ1) is 17.0. The van der Waals surface area contributed by atoms with Crippen LogP contribution in [0, 0.1) is 5.82 Å². The van der Waals surface area contributed by atoms with Gasteiger partial charge in [0.25, 0.3) is 5.88 Å². The van der Waals surface area contributed by atoms with Gasteiger partial charge in [0, 0.05) is 30.3 Å². The number of halogens is 1. The Morgan fingerprint density at radius 3 is 2.86 bits per heavy atom. The minimum absolute atomic E-state index is 0.00927. The predicted octanol–water partition coefficient (Wildman–Crippen LogP) is 1.07. The number of ether oxygens (including phenoxy) is 4. The van der Waals surface area contributed by atoms with E-state index in [0.717, 1.165) is 6.20 Å². The highest BCUT2D eigenvalue weighted by Crippen LogP contribution is 2.32. The van der Waals surface area contributed by atoms with Gasteiger partial charge < -0.3 is 34.5 Å². The van der Waals surface area contributed by atoms with Crippen LogP contribution < -0.4 is 19.5 Å². The van der Waals surface area contributed by atoms with Crippen molar-refractivity contribution in [2.45, 2.75) is 43.7 Å². The van der Waals surface area contributed by atoms with Gasteiger partial charge in [-0.05, 0) is 18.9 Å². The molecule has 0 spiro atoms. The van der Waals surface area contributed by atoms with Gasteiger partial charge in [-0.1, -0.05) is 0 Å². The van der Waals surface area contributed by atoms with Gasteiger partial charge in [0.1, 0.15) is 36.8 Å². The van der Waals surface area contributed by atoms with Gasteiger partial charge in [0.2, 0.25) is 5.88 Å². The number of hydrogen-bond acceptors (Lipinski definition) is 11. The quantitative estimate of drug-likeness (QED) is 0.441. The number of pyridine rings is 2. The van der Waals surface area contributed by atoms with Crippen molar-refractivity contribution in [1.82, 2.24) is 25.5 Å². The molecule has 1 saturated heterocycles. The van der Waals surface area contributed by atoms with Crippen molar-refractivity contribution < 1.29 is 33.6 Å². The Labute approximate surface area is 200 Å². The van der Waals surface area contributed by atoms with E-state index in [1.54, 1.807) is 18.2 Å². The van der Waals surface area contributed by atoms with Crippen molar-refractivity contribution in [1.29, 1.82) is 0 Å². The maximum atomic E-state index is 14.7. The average Bonchev–Trinajstić information content (AvgIpc) is 2.91. The Bertz CT molecular complexity index is 1190. The number of rotatable bonds is 7. The average molecular weight is 487 g/mol. The van der Waals surface area contributed by atoms with Crippen LogP contribution in [0.25, 0.3) is 11.0 Å². The van der Waals surface area contributed by atoms with E-state index in [-0.39, 0.29) is 23.0 Å². The molecule has 3 aromatic heterocycles. The summed E-state index contributed by atoms with van der Waals surface area (Å²) in [7, 11) is 1.44. The van der Waals surface area contributed by atoms with E-state index in [9.17, 15) is 14.6 Å². The Morgan fingerprint density at radius 1 is 1.20 bits per heavy atom. The number of fused-ring (bicyclic) bond motifs is 2. The van der Waals surface area contributed by atoms with Crippen LogP contribution in [0.3, 0.4) is 0 Å². The maximum absolute atomic E-state index is 14.7. The van der Waals surface area contributed by atoms with Gasteiger partial charge in [0.15, 0.2) is 5.75 Å². The Balaban J connectivity index is 1.20. The highest BCUT2D eigenvalue weighted by atomic mass is 19.1. The van der Waals surface area contributed by atoms with E-state index in [1.807, 2.05) is 0 Å². The van der Waals surface area contributed by atoms with Crippen molar-refractivity contribution in [2.75, 3.05) is 26.9 Å². The van der Waals surface area contributed by atoms with Crippen LogP contribution in [0.5, 0.6) is 17.5 Å². The van der Waals surface area contributed by atoms with Crippen molar-refractivity contribution in [3.05, 3.63) is 41.5 Å².